The highest BCUT2D eigenvalue weighted by molar-refractivity contribution is 8.00. The Kier molecular flexibility index (Phi) is 2.98. The zero-order chi connectivity index (χ0) is 12.0. The van der Waals surface area contributed by atoms with Gasteiger partial charge in [-0.25, -0.2) is 0 Å². The molecule has 0 aromatic rings. The maximum atomic E-state index is 12.7. The molecule has 1 spiro atoms. The minimum absolute atomic E-state index is 0.0296. The van der Waals surface area contributed by atoms with Crippen molar-refractivity contribution in [1.82, 2.24) is 5.32 Å². The topological polar surface area (TPSA) is 12.0 Å². The monoisotopic (exact) mass is 253 g/mol. The first kappa shape index (κ1) is 12.6. The fourth-order valence-corrected chi connectivity index (χ4v) is 4.43. The number of halogens is 3. The molecular formula is C11H18F3NS. The zero-order valence-corrected chi connectivity index (χ0v) is 10.5. The van der Waals surface area contributed by atoms with Gasteiger partial charge in [-0.1, -0.05) is 6.42 Å². The molecule has 1 saturated carbocycles. The van der Waals surface area contributed by atoms with E-state index >= 15 is 0 Å². The lowest BCUT2D eigenvalue weighted by molar-refractivity contribution is -0.185. The lowest BCUT2D eigenvalue weighted by Gasteiger charge is -2.39. The molecule has 94 valence electrons. The maximum absolute atomic E-state index is 12.7. The van der Waals surface area contributed by atoms with E-state index in [0.717, 1.165) is 12.2 Å². The maximum Gasteiger partial charge on any atom is 0.391 e. The molecule has 2 unspecified atom stereocenters. The summed E-state index contributed by atoms with van der Waals surface area (Å²) in [4.78, 5) is -0.318. The molecule has 1 aliphatic heterocycles. The third kappa shape index (κ3) is 2.50. The molecule has 0 amide bonds. The summed E-state index contributed by atoms with van der Waals surface area (Å²) in [6.07, 6.45) is -1.94. The van der Waals surface area contributed by atoms with Crippen LogP contribution in [0.2, 0.25) is 0 Å². The highest BCUT2D eigenvalue weighted by Crippen LogP contribution is 2.50. The minimum Gasteiger partial charge on any atom is -0.297 e. The van der Waals surface area contributed by atoms with Crippen LogP contribution in [-0.4, -0.2) is 22.3 Å². The Labute approximate surface area is 98.5 Å². The summed E-state index contributed by atoms with van der Waals surface area (Å²) in [6, 6.07) is 0. The van der Waals surface area contributed by atoms with Crippen molar-refractivity contribution in [1.29, 1.82) is 0 Å². The Bertz CT molecular complexity index is 277. The molecule has 1 saturated heterocycles. The summed E-state index contributed by atoms with van der Waals surface area (Å²) in [7, 11) is 0. The largest absolute Gasteiger partial charge is 0.391 e. The molecule has 1 nitrogen and oxygen atoms in total. The van der Waals surface area contributed by atoms with Gasteiger partial charge in [0.1, 0.15) is 0 Å². The molecule has 1 aliphatic carbocycles. The number of hydrogen-bond donors (Lipinski definition) is 1. The van der Waals surface area contributed by atoms with Gasteiger partial charge in [0.15, 0.2) is 0 Å². The average Bonchev–Trinajstić information content (AvgIpc) is 2.40. The quantitative estimate of drug-likeness (QED) is 0.708. The predicted octanol–water partition coefficient (Wildman–Crippen LogP) is 3.55. The van der Waals surface area contributed by atoms with Gasteiger partial charge in [0, 0.05) is 11.3 Å². The van der Waals surface area contributed by atoms with E-state index in [1.807, 2.05) is 0 Å². The second-order valence-electron chi connectivity index (χ2n) is 5.63. The zero-order valence-electron chi connectivity index (χ0n) is 9.66. The van der Waals surface area contributed by atoms with Crippen molar-refractivity contribution in [2.45, 2.75) is 56.1 Å². The number of alkyl halides is 3. The lowest BCUT2D eigenvalue weighted by atomic mass is 9.84. The standard InChI is InChI=1S/C11H18F3NS/c1-9(2)7-16-10(15-9)5-3-4-8(6-10)11(12,13)14/h8,15H,3-7H2,1-2H3. The molecule has 2 fully saturated rings. The first-order valence-electron chi connectivity index (χ1n) is 5.73. The van der Waals surface area contributed by atoms with E-state index in [-0.39, 0.29) is 16.8 Å². The van der Waals surface area contributed by atoms with Gasteiger partial charge < -0.3 is 0 Å². The Morgan fingerprint density at radius 2 is 2.00 bits per heavy atom. The van der Waals surface area contributed by atoms with Gasteiger partial charge >= 0.3 is 6.18 Å². The third-order valence-electron chi connectivity index (χ3n) is 3.45. The molecule has 1 N–H and O–H groups in total. The lowest BCUT2D eigenvalue weighted by Crippen LogP contribution is -2.51. The van der Waals surface area contributed by atoms with Crippen molar-refractivity contribution in [3.63, 3.8) is 0 Å². The van der Waals surface area contributed by atoms with Gasteiger partial charge in [-0.2, -0.15) is 13.2 Å². The second-order valence-corrected chi connectivity index (χ2v) is 6.99. The summed E-state index contributed by atoms with van der Waals surface area (Å²) >= 11 is 1.68. The first-order chi connectivity index (χ1) is 7.23. The first-order valence-corrected chi connectivity index (χ1v) is 6.71. The molecule has 2 rings (SSSR count). The fraction of sp³-hybridized carbons (Fsp3) is 1.00. The molecule has 16 heavy (non-hydrogen) atoms. The van der Waals surface area contributed by atoms with E-state index in [4.69, 9.17) is 0 Å². The molecule has 0 bridgehead atoms. The van der Waals surface area contributed by atoms with Crippen molar-refractivity contribution < 1.29 is 13.2 Å². The molecule has 5 heteroatoms. The Morgan fingerprint density at radius 1 is 1.31 bits per heavy atom. The average molecular weight is 253 g/mol. The van der Waals surface area contributed by atoms with E-state index in [9.17, 15) is 13.2 Å². The highest BCUT2D eigenvalue weighted by atomic mass is 32.2. The SMILES string of the molecule is CC1(C)CSC2(CCCC(C(F)(F)F)C2)N1. The molecule has 1 heterocycles. The van der Waals surface area contributed by atoms with E-state index in [0.29, 0.717) is 12.8 Å². The van der Waals surface area contributed by atoms with E-state index < -0.39 is 12.1 Å². The van der Waals surface area contributed by atoms with Crippen LogP contribution in [0.5, 0.6) is 0 Å². The van der Waals surface area contributed by atoms with Crippen molar-refractivity contribution in [2.24, 2.45) is 5.92 Å². The molecule has 0 aromatic heterocycles. The fourth-order valence-electron chi connectivity index (χ4n) is 2.77. The van der Waals surface area contributed by atoms with Crippen LogP contribution in [0.4, 0.5) is 13.2 Å². The molecular weight excluding hydrogens is 235 g/mol. The molecule has 2 aliphatic rings. The smallest absolute Gasteiger partial charge is 0.297 e. The molecule has 2 atom stereocenters. The number of thioether (sulfide) groups is 1. The number of nitrogens with one attached hydrogen (secondary N) is 1. The van der Waals surface area contributed by atoms with Crippen LogP contribution in [0.3, 0.4) is 0 Å². The van der Waals surface area contributed by atoms with Gasteiger partial charge in [0.25, 0.3) is 0 Å². The normalized spacial score (nSPS) is 39.2. The van der Waals surface area contributed by atoms with Gasteiger partial charge in [0.2, 0.25) is 0 Å². The summed E-state index contributed by atoms with van der Waals surface area (Å²) < 4.78 is 38.2. The van der Waals surface area contributed by atoms with Crippen LogP contribution in [0.15, 0.2) is 0 Å². The Balaban J connectivity index is 2.08. The van der Waals surface area contributed by atoms with Crippen LogP contribution in [0, 0.1) is 5.92 Å². The van der Waals surface area contributed by atoms with Gasteiger partial charge in [-0.05, 0) is 33.1 Å². The Morgan fingerprint density at radius 3 is 2.50 bits per heavy atom. The van der Waals surface area contributed by atoms with E-state index in [1.165, 1.54) is 0 Å². The van der Waals surface area contributed by atoms with Crippen LogP contribution in [-0.2, 0) is 0 Å². The molecule has 0 radical (unpaired) electrons. The molecule has 0 aromatic carbocycles. The Hall–Kier alpha value is 0.1000. The van der Waals surface area contributed by atoms with Crippen LogP contribution in [0.25, 0.3) is 0 Å². The van der Waals surface area contributed by atoms with Crippen LogP contribution < -0.4 is 5.32 Å². The third-order valence-corrected chi connectivity index (χ3v) is 5.34. The highest BCUT2D eigenvalue weighted by Gasteiger charge is 2.51. The summed E-state index contributed by atoms with van der Waals surface area (Å²) in [5.74, 6) is -0.215. The number of hydrogen-bond acceptors (Lipinski definition) is 2. The predicted molar refractivity (Wildman–Crippen MR) is 60.4 cm³/mol. The van der Waals surface area contributed by atoms with Crippen LogP contribution >= 0.6 is 11.8 Å². The van der Waals surface area contributed by atoms with Crippen LogP contribution in [0.1, 0.15) is 39.5 Å². The summed E-state index contributed by atoms with van der Waals surface area (Å²) in [5, 5.41) is 3.41. The van der Waals surface area contributed by atoms with E-state index in [2.05, 4.69) is 19.2 Å². The van der Waals surface area contributed by atoms with Crippen molar-refractivity contribution in [2.75, 3.05) is 5.75 Å². The van der Waals surface area contributed by atoms with Crippen molar-refractivity contribution in [3.8, 4) is 0 Å². The number of rotatable bonds is 0. The van der Waals surface area contributed by atoms with E-state index in [1.54, 1.807) is 11.8 Å². The van der Waals surface area contributed by atoms with Gasteiger partial charge in [-0.3, -0.25) is 5.32 Å². The summed E-state index contributed by atoms with van der Waals surface area (Å²) in [6.45, 7) is 4.12. The van der Waals surface area contributed by atoms with Crippen molar-refractivity contribution in [3.05, 3.63) is 0 Å². The minimum atomic E-state index is -4.03. The van der Waals surface area contributed by atoms with Gasteiger partial charge in [-0.15, -0.1) is 11.8 Å². The van der Waals surface area contributed by atoms with Gasteiger partial charge in [0.05, 0.1) is 10.8 Å². The second kappa shape index (κ2) is 3.80. The van der Waals surface area contributed by atoms with Crippen molar-refractivity contribution >= 4 is 11.8 Å². The summed E-state index contributed by atoms with van der Waals surface area (Å²) in [5.41, 5.74) is -0.0296.